The van der Waals surface area contributed by atoms with Crippen LogP contribution in [0.5, 0.6) is 0 Å². The molecule has 1 heterocycles. The highest BCUT2D eigenvalue weighted by Gasteiger charge is 2.14. The first-order valence-electron chi connectivity index (χ1n) is 4.60. The molecule has 1 aliphatic heterocycles. The van der Waals surface area contributed by atoms with E-state index in [0.717, 1.165) is 26.2 Å². The Morgan fingerprint density at radius 2 is 1.92 bits per heavy atom. The maximum Gasteiger partial charge on any atom is 0.248 e. The van der Waals surface area contributed by atoms with Crippen LogP contribution in [-0.2, 0) is 4.79 Å². The van der Waals surface area contributed by atoms with Gasteiger partial charge < -0.3 is 10.2 Å². The summed E-state index contributed by atoms with van der Waals surface area (Å²) in [5, 5.41) is 4.79. The molecule has 1 amide bonds. The summed E-state index contributed by atoms with van der Waals surface area (Å²) in [6.45, 7) is 4.23. The number of carbonyl (C=O) groups is 1. The Bertz CT molecular complexity index is 166. The fourth-order valence-electron chi connectivity index (χ4n) is 1.29. The van der Waals surface area contributed by atoms with Gasteiger partial charge in [0.25, 0.3) is 0 Å². The van der Waals surface area contributed by atoms with Gasteiger partial charge in [0.05, 0.1) is 6.54 Å². The van der Waals surface area contributed by atoms with Crippen LogP contribution in [0.4, 0.5) is 0 Å². The quantitative estimate of drug-likeness (QED) is 0.562. The van der Waals surface area contributed by atoms with E-state index in [1.165, 1.54) is 0 Å². The second kappa shape index (κ2) is 5.16. The van der Waals surface area contributed by atoms with Crippen LogP contribution in [0.2, 0.25) is 0 Å². The van der Waals surface area contributed by atoms with Gasteiger partial charge in [-0.2, -0.15) is 0 Å². The summed E-state index contributed by atoms with van der Waals surface area (Å²) in [5.74, 6) is 0.0343. The maximum atomic E-state index is 11.2. The van der Waals surface area contributed by atoms with Crippen LogP contribution in [0, 0.1) is 0 Å². The van der Waals surface area contributed by atoms with Gasteiger partial charge >= 0.3 is 0 Å². The Hall–Kier alpha value is -0.650. The third-order valence-corrected chi connectivity index (χ3v) is 2.12. The minimum Gasteiger partial charge on any atom is -0.311 e. The first-order valence-corrected chi connectivity index (χ1v) is 4.60. The van der Waals surface area contributed by atoms with E-state index in [0.29, 0.717) is 6.54 Å². The van der Waals surface area contributed by atoms with Gasteiger partial charge in [0.15, 0.2) is 0 Å². The molecule has 0 aromatic rings. The summed E-state index contributed by atoms with van der Waals surface area (Å²) >= 11 is 0. The van der Waals surface area contributed by atoms with Crippen LogP contribution in [0.25, 0.3) is 0 Å². The topological polar surface area (TPSA) is 47.6 Å². The van der Waals surface area contributed by atoms with Crippen molar-refractivity contribution in [2.75, 3.05) is 46.8 Å². The molecule has 5 nitrogen and oxygen atoms in total. The van der Waals surface area contributed by atoms with E-state index in [1.54, 1.807) is 7.05 Å². The highest BCUT2D eigenvalue weighted by molar-refractivity contribution is 5.77. The lowest BCUT2D eigenvalue weighted by Gasteiger charge is -2.32. The van der Waals surface area contributed by atoms with Crippen molar-refractivity contribution in [3.05, 3.63) is 0 Å². The van der Waals surface area contributed by atoms with Crippen LogP contribution in [0.1, 0.15) is 0 Å². The van der Waals surface area contributed by atoms with Crippen molar-refractivity contribution in [2.24, 2.45) is 0 Å². The SMILES string of the molecule is CNCC(=O)NN1CCN(C)CC1. The number of nitrogens with zero attached hydrogens (tertiary/aromatic N) is 2. The van der Waals surface area contributed by atoms with Crippen molar-refractivity contribution in [2.45, 2.75) is 0 Å². The van der Waals surface area contributed by atoms with Crippen molar-refractivity contribution in [1.29, 1.82) is 0 Å². The molecule has 0 saturated carbocycles. The van der Waals surface area contributed by atoms with E-state index >= 15 is 0 Å². The first kappa shape index (κ1) is 10.4. The van der Waals surface area contributed by atoms with Crippen LogP contribution >= 0.6 is 0 Å². The van der Waals surface area contributed by atoms with E-state index in [1.807, 2.05) is 5.01 Å². The zero-order valence-corrected chi connectivity index (χ0v) is 8.34. The van der Waals surface area contributed by atoms with Crippen molar-refractivity contribution >= 4 is 5.91 Å². The molecule has 1 saturated heterocycles. The van der Waals surface area contributed by atoms with Gasteiger partial charge in [0.1, 0.15) is 0 Å². The number of amides is 1. The molecule has 0 aromatic heterocycles. The molecular weight excluding hydrogens is 168 g/mol. The first-order chi connectivity index (χ1) is 6.22. The Kier molecular flexibility index (Phi) is 4.14. The van der Waals surface area contributed by atoms with Crippen molar-refractivity contribution in [3.63, 3.8) is 0 Å². The van der Waals surface area contributed by atoms with Crippen LogP contribution in [0.3, 0.4) is 0 Å². The number of rotatable bonds is 3. The van der Waals surface area contributed by atoms with Crippen molar-refractivity contribution in [1.82, 2.24) is 20.7 Å². The molecule has 1 fully saturated rings. The molecule has 0 aliphatic carbocycles. The van der Waals surface area contributed by atoms with E-state index in [2.05, 4.69) is 22.7 Å². The van der Waals surface area contributed by atoms with E-state index in [4.69, 9.17) is 0 Å². The predicted molar refractivity (Wildman–Crippen MR) is 51.1 cm³/mol. The number of hydrogen-bond acceptors (Lipinski definition) is 4. The molecule has 5 heteroatoms. The summed E-state index contributed by atoms with van der Waals surface area (Å²) < 4.78 is 0. The third-order valence-electron chi connectivity index (χ3n) is 2.12. The van der Waals surface area contributed by atoms with Crippen LogP contribution in [-0.4, -0.2) is 62.6 Å². The Labute approximate surface area is 79.0 Å². The number of hydrogen-bond donors (Lipinski definition) is 2. The third kappa shape index (κ3) is 3.71. The van der Waals surface area contributed by atoms with Gasteiger partial charge in [0.2, 0.25) is 5.91 Å². The van der Waals surface area contributed by atoms with E-state index in [-0.39, 0.29) is 5.91 Å². The highest BCUT2D eigenvalue weighted by atomic mass is 16.2. The molecule has 1 rings (SSSR count). The number of carbonyl (C=O) groups excluding carboxylic acids is 1. The smallest absolute Gasteiger partial charge is 0.248 e. The lowest BCUT2D eigenvalue weighted by atomic mass is 10.4. The van der Waals surface area contributed by atoms with Gasteiger partial charge in [0, 0.05) is 26.2 Å². The predicted octanol–water partition coefficient (Wildman–Crippen LogP) is -1.52. The Balaban J connectivity index is 2.18. The van der Waals surface area contributed by atoms with Gasteiger partial charge in [-0.25, -0.2) is 5.01 Å². The summed E-state index contributed by atoms with van der Waals surface area (Å²) in [6.07, 6.45) is 0. The number of nitrogens with one attached hydrogen (secondary N) is 2. The summed E-state index contributed by atoms with van der Waals surface area (Å²) in [7, 11) is 3.86. The van der Waals surface area contributed by atoms with E-state index < -0.39 is 0 Å². The average Bonchev–Trinajstić information content (AvgIpc) is 2.09. The summed E-state index contributed by atoms with van der Waals surface area (Å²) in [4.78, 5) is 13.4. The normalized spacial score (nSPS) is 20.2. The number of likely N-dealkylation sites (N-methyl/N-ethyl adjacent to an activating group) is 2. The average molecular weight is 186 g/mol. The molecule has 13 heavy (non-hydrogen) atoms. The molecule has 1 aliphatic rings. The second-order valence-corrected chi connectivity index (χ2v) is 3.36. The molecular formula is C8H18N4O. The fourth-order valence-corrected chi connectivity index (χ4v) is 1.29. The maximum absolute atomic E-state index is 11.2. The zero-order valence-electron chi connectivity index (χ0n) is 8.34. The van der Waals surface area contributed by atoms with Crippen LogP contribution in [0.15, 0.2) is 0 Å². The summed E-state index contributed by atoms with van der Waals surface area (Å²) in [6, 6.07) is 0. The minimum absolute atomic E-state index is 0.0343. The molecule has 0 spiro atoms. The molecule has 2 N–H and O–H groups in total. The monoisotopic (exact) mass is 186 g/mol. The highest BCUT2D eigenvalue weighted by Crippen LogP contribution is 1.94. The zero-order chi connectivity index (χ0) is 9.68. The van der Waals surface area contributed by atoms with E-state index in [9.17, 15) is 4.79 Å². The standard InChI is InChI=1S/C8H18N4O/c1-9-7-8(13)10-12-5-3-11(2)4-6-12/h9H,3-7H2,1-2H3,(H,10,13). The van der Waals surface area contributed by atoms with Crippen LogP contribution < -0.4 is 10.7 Å². The fraction of sp³-hybridized carbons (Fsp3) is 0.875. The molecule has 0 radical (unpaired) electrons. The Morgan fingerprint density at radius 3 is 2.46 bits per heavy atom. The number of piperazine rings is 1. The summed E-state index contributed by atoms with van der Waals surface area (Å²) in [5.41, 5.74) is 2.85. The molecule has 0 aromatic carbocycles. The van der Waals surface area contributed by atoms with Gasteiger partial charge in [-0.05, 0) is 14.1 Å². The van der Waals surface area contributed by atoms with Gasteiger partial charge in [-0.15, -0.1) is 0 Å². The van der Waals surface area contributed by atoms with Crippen molar-refractivity contribution in [3.8, 4) is 0 Å². The molecule has 0 unspecified atom stereocenters. The minimum atomic E-state index is 0.0343. The molecule has 76 valence electrons. The number of hydrazine groups is 1. The lowest BCUT2D eigenvalue weighted by molar-refractivity contribution is -0.125. The van der Waals surface area contributed by atoms with Crippen molar-refractivity contribution < 1.29 is 4.79 Å². The molecule has 0 atom stereocenters. The second-order valence-electron chi connectivity index (χ2n) is 3.36. The molecule has 0 bridgehead atoms. The van der Waals surface area contributed by atoms with Gasteiger partial charge in [-0.1, -0.05) is 0 Å². The lowest BCUT2D eigenvalue weighted by Crippen LogP contribution is -2.53. The van der Waals surface area contributed by atoms with Gasteiger partial charge in [-0.3, -0.25) is 10.2 Å². The Morgan fingerprint density at radius 1 is 1.31 bits per heavy atom. The largest absolute Gasteiger partial charge is 0.311 e.